The van der Waals surface area contributed by atoms with Gasteiger partial charge in [-0.1, -0.05) is 24.3 Å². The van der Waals surface area contributed by atoms with Crippen molar-refractivity contribution < 1.29 is 4.79 Å². The van der Waals surface area contributed by atoms with E-state index < -0.39 is 0 Å². The normalized spacial score (nSPS) is 10.8. The maximum absolute atomic E-state index is 10.9. The first-order valence-electron chi connectivity index (χ1n) is 3.97. The number of carbonyl (C=O) groups excluding carboxylic acids is 1. The molecule has 0 radical (unpaired) electrons. The summed E-state index contributed by atoms with van der Waals surface area (Å²) in [5, 5.41) is 0. The molecule has 0 aliphatic carbocycles. The van der Waals surface area contributed by atoms with E-state index >= 15 is 0 Å². The lowest BCUT2D eigenvalue weighted by Gasteiger charge is -1.98. The Morgan fingerprint density at radius 3 is 1.92 bits per heavy atom. The van der Waals surface area contributed by atoms with E-state index in [4.69, 9.17) is 0 Å². The van der Waals surface area contributed by atoms with Gasteiger partial charge in [0.25, 0.3) is 0 Å². The van der Waals surface area contributed by atoms with E-state index in [1.54, 1.807) is 0 Å². The molecular weight excluding hydrogens is 148 g/mol. The molecule has 1 nitrogen and oxygen atoms in total. The number of Topliss-reactive ketones (excluding diaryl/α,β-unsaturated/α-hetero) is 1. The molecule has 1 heteroatoms. The van der Waals surface area contributed by atoms with Crippen molar-refractivity contribution in [3.63, 3.8) is 0 Å². The van der Waals surface area contributed by atoms with Gasteiger partial charge in [-0.05, 0) is 33.3 Å². The molecule has 0 aromatic heterocycles. The summed E-state index contributed by atoms with van der Waals surface area (Å²) in [5.74, 6) is 0.0332. The molecule has 0 fully saturated rings. The zero-order valence-corrected chi connectivity index (χ0v) is 8.27. The van der Waals surface area contributed by atoms with Crippen molar-refractivity contribution in [2.75, 3.05) is 0 Å². The number of hydrogen-bond acceptors (Lipinski definition) is 1. The Balaban J connectivity index is 4.49. The summed E-state index contributed by atoms with van der Waals surface area (Å²) in [6, 6.07) is 0. The third-order valence-electron chi connectivity index (χ3n) is 1.57. The molecule has 66 valence electrons. The Bertz CT molecular complexity index is 250. The molecule has 0 aliphatic rings. The van der Waals surface area contributed by atoms with Gasteiger partial charge in [0.2, 0.25) is 0 Å². The lowest BCUT2D eigenvalue weighted by Crippen LogP contribution is -1.95. The van der Waals surface area contributed by atoms with Gasteiger partial charge in [-0.15, -0.1) is 0 Å². The van der Waals surface area contributed by atoms with Crippen molar-refractivity contribution >= 4 is 5.78 Å². The van der Waals surface area contributed by atoms with Gasteiger partial charge in [0, 0.05) is 5.57 Å². The van der Waals surface area contributed by atoms with Crippen molar-refractivity contribution in [2.45, 2.75) is 27.7 Å². The molecule has 0 saturated heterocycles. The van der Waals surface area contributed by atoms with E-state index in [0.29, 0.717) is 5.57 Å². The van der Waals surface area contributed by atoms with Crippen LogP contribution in [-0.2, 0) is 4.79 Å². The van der Waals surface area contributed by atoms with Crippen LogP contribution in [-0.4, -0.2) is 5.78 Å². The SMILES string of the molecule is C=C(C(C)=O)/C(C)=C/C=C(C)C. The number of ketones is 1. The minimum absolute atomic E-state index is 0.0332. The fourth-order valence-electron chi connectivity index (χ4n) is 0.670. The van der Waals surface area contributed by atoms with Crippen LogP contribution in [0.5, 0.6) is 0 Å². The summed E-state index contributed by atoms with van der Waals surface area (Å²) in [7, 11) is 0. The molecule has 0 aromatic carbocycles. The Labute approximate surface area is 74.5 Å². The molecule has 12 heavy (non-hydrogen) atoms. The van der Waals surface area contributed by atoms with E-state index in [1.807, 2.05) is 32.9 Å². The highest BCUT2D eigenvalue weighted by Gasteiger charge is 2.00. The van der Waals surface area contributed by atoms with Crippen molar-refractivity contribution in [1.29, 1.82) is 0 Å². The first-order chi connectivity index (χ1) is 5.45. The molecule has 0 unspecified atom stereocenters. The predicted octanol–water partition coefficient (Wildman–Crippen LogP) is 3.04. The minimum atomic E-state index is 0.0332. The maximum atomic E-state index is 10.9. The average Bonchev–Trinajstić information content (AvgIpc) is 1.98. The van der Waals surface area contributed by atoms with Crippen molar-refractivity contribution in [1.82, 2.24) is 0 Å². The van der Waals surface area contributed by atoms with Crippen LogP contribution in [0, 0.1) is 0 Å². The third-order valence-corrected chi connectivity index (χ3v) is 1.57. The third kappa shape index (κ3) is 3.91. The van der Waals surface area contributed by atoms with E-state index in [2.05, 4.69) is 6.58 Å². The van der Waals surface area contributed by atoms with E-state index in [9.17, 15) is 4.79 Å². The molecule has 0 amide bonds. The fraction of sp³-hybridized carbons (Fsp3) is 0.364. The Hall–Kier alpha value is -1.11. The topological polar surface area (TPSA) is 17.1 Å². The Morgan fingerprint density at radius 2 is 1.58 bits per heavy atom. The molecule has 0 spiro atoms. The molecule has 0 aromatic rings. The first kappa shape index (κ1) is 10.9. The quantitative estimate of drug-likeness (QED) is 0.463. The number of allylic oxidation sites excluding steroid dienone is 5. The molecule has 0 bridgehead atoms. The largest absolute Gasteiger partial charge is 0.295 e. The zero-order valence-electron chi connectivity index (χ0n) is 8.27. The Morgan fingerprint density at radius 1 is 1.08 bits per heavy atom. The summed E-state index contributed by atoms with van der Waals surface area (Å²) in [4.78, 5) is 10.9. The summed E-state index contributed by atoms with van der Waals surface area (Å²) in [6.45, 7) is 11.1. The van der Waals surface area contributed by atoms with Gasteiger partial charge in [-0.25, -0.2) is 0 Å². The van der Waals surface area contributed by atoms with Gasteiger partial charge >= 0.3 is 0 Å². The van der Waals surface area contributed by atoms with Crippen LogP contribution < -0.4 is 0 Å². The molecule has 0 N–H and O–H groups in total. The van der Waals surface area contributed by atoms with Crippen LogP contribution in [0.3, 0.4) is 0 Å². The van der Waals surface area contributed by atoms with Crippen LogP contribution in [0.4, 0.5) is 0 Å². The summed E-state index contributed by atoms with van der Waals surface area (Å²) < 4.78 is 0. The number of carbonyl (C=O) groups is 1. The van der Waals surface area contributed by atoms with E-state index in [1.165, 1.54) is 12.5 Å². The van der Waals surface area contributed by atoms with Crippen LogP contribution in [0.25, 0.3) is 0 Å². The van der Waals surface area contributed by atoms with Crippen molar-refractivity contribution in [2.24, 2.45) is 0 Å². The van der Waals surface area contributed by atoms with Crippen LogP contribution in [0.1, 0.15) is 27.7 Å². The number of rotatable bonds is 3. The van der Waals surface area contributed by atoms with Crippen molar-refractivity contribution in [3.05, 3.63) is 35.5 Å². The lowest BCUT2D eigenvalue weighted by molar-refractivity contribution is -0.113. The summed E-state index contributed by atoms with van der Waals surface area (Å²) in [6.07, 6.45) is 3.89. The Kier molecular flexibility index (Phi) is 4.27. The minimum Gasteiger partial charge on any atom is -0.295 e. The highest BCUT2D eigenvalue weighted by Crippen LogP contribution is 2.08. The van der Waals surface area contributed by atoms with E-state index in [0.717, 1.165) is 5.57 Å². The highest BCUT2D eigenvalue weighted by molar-refractivity contribution is 5.96. The first-order valence-corrected chi connectivity index (χ1v) is 3.97. The van der Waals surface area contributed by atoms with Gasteiger partial charge < -0.3 is 0 Å². The van der Waals surface area contributed by atoms with Gasteiger partial charge in [0.1, 0.15) is 0 Å². The van der Waals surface area contributed by atoms with Gasteiger partial charge in [-0.2, -0.15) is 0 Å². The second kappa shape index (κ2) is 4.70. The second-order valence-corrected chi connectivity index (χ2v) is 3.13. The molecule has 0 rings (SSSR count). The summed E-state index contributed by atoms with van der Waals surface area (Å²) >= 11 is 0. The standard InChI is InChI=1S/C11H16O/c1-8(2)6-7-9(3)10(4)11(5)12/h6-7H,4H2,1-3,5H3/b9-7+. The molecule has 0 heterocycles. The van der Waals surface area contributed by atoms with E-state index in [-0.39, 0.29) is 5.78 Å². The predicted molar refractivity (Wildman–Crippen MR) is 53.0 cm³/mol. The van der Waals surface area contributed by atoms with Crippen LogP contribution >= 0.6 is 0 Å². The smallest absolute Gasteiger partial charge is 0.159 e. The number of hydrogen-bond donors (Lipinski definition) is 0. The average molecular weight is 164 g/mol. The van der Waals surface area contributed by atoms with Crippen molar-refractivity contribution in [3.8, 4) is 0 Å². The van der Waals surface area contributed by atoms with Gasteiger partial charge in [0.05, 0.1) is 0 Å². The highest BCUT2D eigenvalue weighted by atomic mass is 16.1. The van der Waals surface area contributed by atoms with Gasteiger partial charge in [-0.3, -0.25) is 4.79 Å². The zero-order chi connectivity index (χ0) is 9.72. The van der Waals surface area contributed by atoms with Crippen LogP contribution in [0.2, 0.25) is 0 Å². The molecule has 0 atom stereocenters. The summed E-state index contributed by atoms with van der Waals surface area (Å²) in [5.41, 5.74) is 2.74. The lowest BCUT2D eigenvalue weighted by atomic mass is 10.1. The fourth-order valence-corrected chi connectivity index (χ4v) is 0.670. The molecule has 0 aliphatic heterocycles. The molecular formula is C11H16O. The molecule has 0 saturated carbocycles. The van der Waals surface area contributed by atoms with Gasteiger partial charge in [0.15, 0.2) is 5.78 Å². The monoisotopic (exact) mass is 164 g/mol. The van der Waals surface area contributed by atoms with Crippen LogP contribution in [0.15, 0.2) is 35.5 Å². The maximum Gasteiger partial charge on any atom is 0.159 e. The second-order valence-electron chi connectivity index (χ2n) is 3.13.